The predicted octanol–water partition coefficient (Wildman–Crippen LogP) is 2.15. The first-order valence-electron chi connectivity index (χ1n) is 12.8. The Balaban J connectivity index is 1.58. The molecule has 0 spiro atoms. The van der Waals surface area contributed by atoms with Gasteiger partial charge in [0, 0.05) is 16.8 Å². The molecule has 3 aromatic carbocycles. The van der Waals surface area contributed by atoms with Crippen LogP contribution in [-0.2, 0) is 20.4 Å². The lowest BCUT2D eigenvalue weighted by Gasteiger charge is -2.39. The Morgan fingerprint density at radius 2 is 1.62 bits per heavy atom. The lowest BCUT2D eigenvalue weighted by Crippen LogP contribution is -2.60. The predicted molar refractivity (Wildman–Crippen MR) is 143 cm³/mol. The van der Waals surface area contributed by atoms with E-state index in [4.69, 9.17) is 9.47 Å². The van der Waals surface area contributed by atoms with Crippen molar-refractivity contribution in [2.75, 3.05) is 11.9 Å². The van der Waals surface area contributed by atoms with Gasteiger partial charge in [0.25, 0.3) is 0 Å². The Morgan fingerprint density at radius 1 is 0.923 bits per heavy atom. The summed E-state index contributed by atoms with van der Waals surface area (Å²) in [5.41, 5.74) is 1.72. The number of amides is 1. The van der Waals surface area contributed by atoms with E-state index in [2.05, 4.69) is 26.1 Å². The van der Waals surface area contributed by atoms with Crippen LogP contribution < -0.4 is 10.1 Å². The van der Waals surface area contributed by atoms with Crippen LogP contribution in [0.5, 0.6) is 11.5 Å². The summed E-state index contributed by atoms with van der Waals surface area (Å²) in [6.07, 6.45) is -7.07. The Morgan fingerprint density at radius 3 is 2.28 bits per heavy atom. The number of hydrogen-bond donors (Lipinski definition) is 6. The number of nitrogens with one attached hydrogen (secondary N) is 1. The number of carbonyl (C=O) groups excluding carboxylic acids is 1. The van der Waals surface area contributed by atoms with Gasteiger partial charge in [-0.1, -0.05) is 57.2 Å². The molecule has 5 rings (SSSR count). The second-order valence-corrected chi connectivity index (χ2v) is 11.1. The molecule has 6 atom stereocenters. The van der Waals surface area contributed by atoms with Crippen LogP contribution in [0.25, 0.3) is 0 Å². The van der Waals surface area contributed by atoms with Crippen LogP contribution in [0.2, 0.25) is 0 Å². The molecule has 1 amide bonds. The van der Waals surface area contributed by atoms with Gasteiger partial charge in [-0.25, -0.2) is 0 Å². The fourth-order valence-electron chi connectivity index (χ4n) is 5.35. The maximum Gasteiger partial charge on any atom is 0.244 e. The first-order chi connectivity index (χ1) is 18.5. The van der Waals surface area contributed by atoms with Gasteiger partial charge in [0.2, 0.25) is 12.2 Å². The van der Waals surface area contributed by atoms with Crippen molar-refractivity contribution in [1.29, 1.82) is 0 Å². The molecule has 2 aliphatic heterocycles. The molecule has 0 aliphatic carbocycles. The van der Waals surface area contributed by atoms with Crippen LogP contribution in [0.3, 0.4) is 0 Å². The molecule has 6 N–H and O–H groups in total. The maximum atomic E-state index is 13.9. The van der Waals surface area contributed by atoms with Crippen LogP contribution in [0.15, 0.2) is 66.7 Å². The van der Waals surface area contributed by atoms with Gasteiger partial charge >= 0.3 is 0 Å². The lowest BCUT2D eigenvalue weighted by atomic mass is 9.68. The number of benzene rings is 3. The zero-order valence-corrected chi connectivity index (χ0v) is 21.9. The van der Waals surface area contributed by atoms with E-state index in [-0.39, 0.29) is 22.8 Å². The van der Waals surface area contributed by atoms with E-state index >= 15 is 0 Å². The van der Waals surface area contributed by atoms with E-state index in [9.17, 15) is 30.3 Å². The van der Waals surface area contributed by atoms with Gasteiger partial charge in [0.15, 0.2) is 0 Å². The van der Waals surface area contributed by atoms with Crippen molar-refractivity contribution in [2.24, 2.45) is 0 Å². The number of fused-ring (bicyclic) bond motifs is 1. The Labute approximate surface area is 226 Å². The molecule has 39 heavy (non-hydrogen) atoms. The fourth-order valence-corrected chi connectivity index (χ4v) is 5.35. The van der Waals surface area contributed by atoms with Gasteiger partial charge in [0.05, 0.1) is 6.61 Å². The number of aliphatic hydroxyl groups excluding tert-OH is 4. The second-order valence-electron chi connectivity index (χ2n) is 11.1. The van der Waals surface area contributed by atoms with Crippen molar-refractivity contribution in [2.45, 2.75) is 62.3 Å². The van der Waals surface area contributed by atoms with Crippen LogP contribution in [0.4, 0.5) is 5.69 Å². The zero-order chi connectivity index (χ0) is 28.1. The van der Waals surface area contributed by atoms with E-state index in [0.29, 0.717) is 22.4 Å². The number of ether oxygens (including phenoxy) is 2. The number of aliphatic hydroxyl groups is 4. The minimum atomic E-state index is -1.57. The highest BCUT2D eigenvalue weighted by Crippen LogP contribution is 2.51. The first-order valence-corrected chi connectivity index (χ1v) is 12.8. The quantitative estimate of drug-likeness (QED) is 0.291. The number of phenols is 1. The lowest BCUT2D eigenvalue weighted by molar-refractivity contribution is -0.277. The summed E-state index contributed by atoms with van der Waals surface area (Å²) in [5, 5.41) is 54.0. The maximum absolute atomic E-state index is 13.9. The molecule has 1 fully saturated rings. The molecule has 3 aromatic rings. The summed E-state index contributed by atoms with van der Waals surface area (Å²) in [4.78, 5) is 13.9. The molecule has 9 nitrogen and oxygen atoms in total. The summed E-state index contributed by atoms with van der Waals surface area (Å²) >= 11 is 0. The van der Waals surface area contributed by atoms with Crippen molar-refractivity contribution >= 4 is 11.6 Å². The third kappa shape index (κ3) is 4.46. The topological polar surface area (TPSA) is 149 Å². The summed E-state index contributed by atoms with van der Waals surface area (Å²) in [6, 6.07) is 19.3. The van der Waals surface area contributed by atoms with Crippen LogP contribution in [-0.4, -0.2) is 68.8 Å². The van der Waals surface area contributed by atoms with Crippen LogP contribution >= 0.6 is 0 Å². The monoisotopic (exact) mass is 535 g/mol. The van der Waals surface area contributed by atoms with Gasteiger partial charge in [-0.15, -0.1) is 0 Å². The van der Waals surface area contributed by atoms with E-state index in [1.807, 2.05) is 36.4 Å². The Kier molecular flexibility index (Phi) is 6.90. The molecular weight excluding hydrogens is 502 g/mol. The number of rotatable bonds is 5. The van der Waals surface area contributed by atoms with Gasteiger partial charge in [0.1, 0.15) is 41.3 Å². The van der Waals surface area contributed by atoms with Crippen molar-refractivity contribution in [1.82, 2.24) is 0 Å². The van der Waals surface area contributed by atoms with Gasteiger partial charge in [-0.05, 0) is 46.9 Å². The van der Waals surface area contributed by atoms with E-state index in [0.717, 1.165) is 5.56 Å². The SMILES string of the molecule is CC(C)(C)c1ccc(O)c(C2(c3ccc(O[C@@H]4OC(CO)[C@@H](O)C(O)[C@@H]4O)cc3)C(=O)Nc3ccccc32)c1. The van der Waals surface area contributed by atoms with Crippen molar-refractivity contribution < 1.29 is 39.8 Å². The summed E-state index contributed by atoms with van der Waals surface area (Å²) in [7, 11) is 0. The fraction of sp³-hybridized carbons (Fsp3) is 0.367. The summed E-state index contributed by atoms with van der Waals surface area (Å²) in [6.45, 7) is 5.61. The highest BCUT2D eigenvalue weighted by atomic mass is 16.7. The third-order valence-electron chi connectivity index (χ3n) is 7.57. The number of carbonyl (C=O) groups is 1. The molecule has 3 unspecified atom stereocenters. The smallest absolute Gasteiger partial charge is 0.244 e. The van der Waals surface area contributed by atoms with Crippen molar-refractivity contribution in [3.8, 4) is 11.5 Å². The normalized spacial score (nSPS) is 28.6. The number of aromatic hydroxyl groups is 1. The zero-order valence-electron chi connectivity index (χ0n) is 21.9. The standard InChI is InChI=1S/C30H33NO8/c1-29(2,3)17-10-13-22(33)20(14-17)30(19-6-4-5-7-21(19)31-28(30)37)16-8-11-18(12-9-16)38-27-26(36)25(35)24(34)23(15-32)39-27/h4-14,23-27,32-36H,15H2,1-3H3,(H,31,37)/t23?,24-,25?,26+,27-,30?/m1/s1. The molecule has 0 bridgehead atoms. The number of hydrogen-bond acceptors (Lipinski definition) is 8. The summed E-state index contributed by atoms with van der Waals surface area (Å²) < 4.78 is 11.2. The molecule has 2 heterocycles. The molecule has 206 valence electrons. The average Bonchev–Trinajstić information content (AvgIpc) is 3.21. The highest BCUT2D eigenvalue weighted by molar-refractivity contribution is 6.11. The minimum Gasteiger partial charge on any atom is -0.508 e. The van der Waals surface area contributed by atoms with E-state index in [1.165, 1.54) is 0 Å². The summed E-state index contributed by atoms with van der Waals surface area (Å²) in [5.74, 6) is -0.0678. The second kappa shape index (κ2) is 9.93. The third-order valence-corrected chi connectivity index (χ3v) is 7.57. The Hall–Kier alpha value is -3.47. The largest absolute Gasteiger partial charge is 0.508 e. The Bertz CT molecular complexity index is 1370. The number of para-hydroxylation sites is 1. The van der Waals surface area contributed by atoms with E-state index in [1.54, 1.807) is 30.3 Å². The molecule has 9 heteroatoms. The minimum absolute atomic E-state index is 0.0171. The highest BCUT2D eigenvalue weighted by Gasteiger charge is 2.51. The molecule has 0 aromatic heterocycles. The molecule has 0 saturated carbocycles. The van der Waals surface area contributed by atoms with Gasteiger partial charge in [-0.3, -0.25) is 4.79 Å². The van der Waals surface area contributed by atoms with Crippen LogP contribution in [0.1, 0.15) is 43.0 Å². The molecular formula is C30H33NO8. The number of phenolic OH excluding ortho intramolecular Hbond substituents is 1. The van der Waals surface area contributed by atoms with Crippen LogP contribution in [0, 0.1) is 0 Å². The van der Waals surface area contributed by atoms with E-state index < -0.39 is 42.7 Å². The molecule has 2 aliphatic rings. The average molecular weight is 536 g/mol. The molecule has 1 saturated heterocycles. The first kappa shape index (κ1) is 27.1. The van der Waals surface area contributed by atoms with Crippen molar-refractivity contribution in [3.05, 3.63) is 89.0 Å². The van der Waals surface area contributed by atoms with Gasteiger partial charge in [-0.2, -0.15) is 0 Å². The van der Waals surface area contributed by atoms with Crippen molar-refractivity contribution in [3.63, 3.8) is 0 Å². The number of anilines is 1. The van der Waals surface area contributed by atoms with Gasteiger partial charge < -0.3 is 40.3 Å². The molecule has 0 radical (unpaired) electrons.